The molecule has 0 radical (unpaired) electrons. The van der Waals surface area contributed by atoms with E-state index in [1.54, 1.807) is 19.1 Å². The SMILES string of the molecule is C=C(C)C(=O)Oc1ccc(O)c2c1CC2. The van der Waals surface area contributed by atoms with Gasteiger partial charge < -0.3 is 9.84 Å². The molecule has 15 heavy (non-hydrogen) atoms. The van der Waals surface area contributed by atoms with Gasteiger partial charge in [-0.05, 0) is 31.9 Å². The predicted octanol–water partition coefficient (Wildman–Crippen LogP) is 1.97. The summed E-state index contributed by atoms with van der Waals surface area (Å²) in [5.41, 5.74) is 2.20. The normalized spacial score (nSPS) is 12.6. The maximum absolute atomic E-state index is 11.3. The van der Waals surface area contributed by atoms with E-state index in [1.165, 1.54) is 0 Å². The highest BCUT2D eigenvalue weighted by Crippen LogP contribution is 2.38. The number of hydrogen-bond acceptors (Lipinski definition) is 3. The Hall–Kier alpha value is -1.77. The van der Waals surface area contributed by atoms with Gasteiger partial charge in [-0.15, -0.1) is 0 Å². The molecule has 0 spiro atoms. The fraction of sp³-hybridized carbons (Fsp3) is 0.250. The first-order chi connectivity index (χ1) is 7.09. The predicted molar refractivity (Wildman–Crippen MR) is 56.0 cm³/mol. The first kappa shape index (κ1) is 9.77. The summed E-state index contributed by atoms with van der Waals surface area (Å²) in [4.78, 5) is 11.3. The highest BCUT2D eigenvalue weighted by molar-refractivity contribution is 5.89. The maximum atomic E-state index is 11.3. The van der Waals surface area contributed by atoms with Crippen molar-refractivity contribution in [2.45, 2.75) is 19.8 Å². The topological polar surface area (TPSA) is 46.5 Å². The Morgan fingerprint density at radius 3 is 2.60 bits per heavy atom. The fourth-order valence-electron chi connectivity index (χ4n) is 1.57. The van der Waals surface area contributed by atoms with Crippen LogP contribution in [0.2, 0.25) is 0 Å². The second-order valence-corrected chi connectivity index (χ2v) is 3.71. The third kappa shape index (κ3) is 1.61. The van der Waals surface area contributed by atoms with Gasteiger partial charge in [0.2, 0.25) is 0 Å². The molecule has 2 rings (SSSR count). The highest BCUT2D eigenvalue weighted by atomic mass is 16.5. The fourth-order valence-corrected chi connectivity index (χ4v) is 1.57. The molecule has 0 atom stereocenters. The minimum absolute atomic E-state index is 0.284. The minimum Gasteiger partial charge on any atom is -0.508 e. The van der Waals surface area contributed by atoms with Gasteiger partial charge in [0.15, 0.2) is 0 Å². The number of ether oxygens (including phenoxy) is 1. The number of carbonyl (C=O) groups excluding carboxylic acids is 1. The molecule has 0 heterocycles. The number of carbonyl (C=O) groups is 1. The highest BCUT2D eigenvalue weighted by Gasteiger charge is 2.23. The standard InChI is InChI=1S/C12H12O3/c1-7(2)12(14)15-11-6-5-10(13)8-3-4-9(8)11/h5-6,13H,1,3-4H2,2H3. The molecule has 1 aliphatic carbocycles. The lowest BCUT2D eigenvalue weighted by Crippen LogP contribution is -2.15. The van der Waals surface area contributed by atoms with E-state index in [0.29, 0.717) is 11.3 Å². The van der Waals surface area contributed by atoms with Crippen molar-refractivity contribution in [3.8, 4) is 11.5 Å². The van der Waals surface area contributed by atoms with Gasteiger partial charge in [-0.2, -0.15) is 0 Å². The summed E-state index contributed by atoms with van der Waals surface area (Å²) in [5, 5.41) is 9.46. The minimum atomic E-state index is -0.421. The van der Waals surface area contributed by atoms with Gasteiger partial charge in [-0.3, -0.25) is 0 Å². The van der Waals surface area contributed by atoms with Gasteiger partial charge in [-0.1, -0.05) is 6.58 Å². The Bertz CT molecular complexity index is 446. The third-order valence-electron chi connectivity index (χ3n) is 2.54. The Morgan fingerprint density at radius 1 is 1.40 bits per heavy atom. The van der Waals surface area contributed by atoms with E-state index in [4.69, 9.17) is 4.74 Å². The van der Waals surface area contributed by atoms with Crippen molar-refractivity contribution in [1.82, 2.24) is 0 Å². The van der Waals surface area contributed by atoms with Crippen molar-refractivity contribution in [1.29, 1.82) is 0 Å². The molecule has 0 aromatic heterocycles. The molecule has 1 N–H and O–H groups in total. The molecule has 0 aliphatic heterocycles. The maximum Gasteiger partial charge on any atom is 0.338 e. The van der Waals surface area contributed by atoms with Crippen molar-refractivity contribution in [3.05, 3.63) is 35.4 Å². The number of fused-ring (bicyclic) bond motifs is 1. The first-order valence-electron chi connectivity index (χ1n) is 4.81. The van der Waals surface area contributed by atoms with Crippen LogP contribution in [0.3, 0.4) is 0 Å². The van der Waals surface area contributed by atoms with E-state index in [-0.39, 0.29) is 5.75 Å². The second kappa shape index (κ2) is 3.42. The zero-order valence-corrected chi connectivity index (χ0v) is 8.54. The molecule has 0 unspecified atom stereocenters. The Morgan fingerprint density at radius 2 is 2.07 bits per heavy atom. The molecule has 3 heteroatoms. The van der Waals surface area contributed by atoms with E-state index in [1.807, 2.05) is 0 Å². The molecule has 0 saturated heterocycles. The van der Waals surface area contributed by atoms with Gasteiger partial charge in [0.05, 0.1) is 0 Å². The van der Waals surface area contributed by atoms with Crippen molar-refractivity contribution in [2.75, 3.05) is 0 Å². The van der Waals surface area contributed by atoms with Gasteiger partial charge in [-0.25, -0.2) is 4.79 Å². The Balaban J connectivity index is 2.27. The van der Waals surface area contributed by atoms with Crippen molar-refractivity contribution >= 4 is 5.97 Å². The molecule has 0 amide bonds. The smallest absolute Gasteiger partial charge is 0.338 e. The summed E-state index contributed by atoms with van der Waals surface area (Å²) in [7, 11) is 0. The number of esters is 1. The quantitative estimate of drug-likeness (QED) is 0.455. The number of rotatable bonds is 2. The van der Waals surface area contributed by atoms with E-state index in [2.05, 4.69) is 6.58 Å². The molecular weight excluding hydrogens is 192 g/mol. The summed E-state index contributed by atoms with van der Waals surface area (Å²) in [6, 6.07) is 3.17. The number of phenols is 1. The Kier molecular flexibility index (Phi) is 2.23. The molecule has 78 valence electrons. The zero-order chi connectivity index (χ0) is 11.0. The van der Waals surface area contributed by atoms with Gasteiger partial charge >= 0.3 is 5.97 Å². The summed E-state index contributed by atoms with van der Waals surface area (Å²) in [6.45, 7) is 5.12. The van der Waals surface area contributed by atoms with E-state index >= 15 is 0 Å². The van der Waals surface area contributed by atoms with Crippen LogP contribution >= 0.6 is 0 Å². The lowest BCUT2D eigenvalue weighted by Gasteiger charge is -2.22. The summed E-state index contributed by atoms with van der Waals surface area (Å²) in [5.74, 6) is 0.406. The van der Waals surface area contributed by atoms with Gasteiger partial charge in [0.25, 0.3) is 0 Å². The van der Waals surface area contributed by atoms with E-state index < -0.39 is 5.97 Å². The van der Waals surface area contributed by atoms with Crippen LogP contribution in [0.1, 0.15) is 18.1 Å². The second-order valence-electron chi connectivity index (χ2n) is 3.71. The molecule has 3 nitrogen and oxygen atoms in total. The van der Waals surface area contributed by atoms with E-state index in [0.717, 1.165) is 24.0 Å². The molecule has 1 aliphatic rings. The molecular formula is C12H12O3. The molecule has 1 aromatic carbocycles. The summed E-state index contributed by atoms with van der Waals surface area (Å²) in [6.07, 6.45) is 1.70. The van der Waals surface area contributed by atoms with Crippen LogP contribution in [-0.2, 0) is 17.6 Å². The van der Waals surface area contributed by atoms with Crippen LogP contribution < -0.4 is 4.74 Å². The first-order valence-corrected chi connectivity index (χ1v) is 4.81. The summed E-state index contributed by atoms with van der Waals surface area (Å²) < 4.78 is 5.14. The van der Waals surface area contributed by atoms with Gasteiger partial charge in [0, 0.05) is 16.7 Å². The lowest BCUT2D eigenvalue weighted by molar-refractivity contribution is -0.130. The monoisotopic (exact) mass is 204 g/mol. The van der Waals surface area contributed by atoms with Crippen LogP contribution in [0.4, 0.5) is 0 Å². The van der Waals surface area contributed by atoms with Crippen LogP contribution in [0, 0.1) is 0 Å². The van der Waals surface area contributed by atoms with Crippen LogP contribution in [0.15, 0.2) is 24.3 Å². The largest absolute Gasteiger partial charge is 0.508 e. The average molecular weight is 204 g/mol. The average Bonchev–Trinajstić information content (AvgIpc) is 2.10. The Labute approximate surface area is 88.0 Å². The summed E-state index contributed by atoms with van der Waals surface area (Å²) >= 11 is 0. The lowest BCUT2D eigenvalue weighted by atomic mass is 9.87. The van der Waals surface area contributed by atoms with Gasteiger partial charge in [0.1, 0.15) is 11.5 Å². The molecule has 0 bridgehead atoms. The molecule has 0 fully saturated rings. The van der Waals surface area contributed by atoms with Crippen LogP contribution in [-0.4, -0.2) is 11.1 Å². The van der Waals surface area contributed by atoms with Crippen molar-refractivity contribution in [2.24, 2.45) is 0 Å². The molecule has 0 saturated carbocycles. The van der Waals surface area contributed by atoms with E-state index in [9.17, 15) is 9.90 Å². The third-order valence-corrected chi connectivity index (χ3v) is 2.54. The number of hydrogen-bond donors (Lipinski definition) is 1. The zero-order valence-electron chi connectivity index (χ0n) is 8.54. The number of phenolic OH excluding ortho intramolecular Hbond substituents is 1. The molecule has 1 aromatic rings. The number of benzene rings is 1. The number of aromatic hydroxyl groups is 1. The van der Waals surface area contributed by atoms with Crippen LogP contribution in [0.25, 0.3) is 0 Å². The van der Waals surface area contributed by atoms with Crippen molar-refractivity contribution in [3.63, 3.8) is 0 Å². The van der Waals surface area contributed by atoms with Crippen LogP contribution in [0.5, 0.6) is 11.5 Å². The van der Waals surface area contributed by atoms with Crippen molar-refractivity contribution < 1.29 is 14.6 Å².